The molecule has 0 aromatic carbocycles. The fourth-order valence-corrected chi connectivity index (χ4v) is 6.19. The molecule has 0 amide bonds. The predicted molar refractivity (Wildman–Crippen MR) is 113 cm³/mol. The topological polar surface area (TPSA) is 40.5 Å². The van der Waals surface area contributed by atoms with Crippen LogP contribution in [-0.2, 0) is 0 Å². The van der Waals surface area contributed by atoms with Gasteiger partial charge in [0.2, 0.25) is 0 Å². The minimum Gasteiger partial charge on any atom is -0.384 e. The molecule has 0 spiro atoms. The summed E-state index contributed by atoms with van der Waals surface area (Å²) in [6.07, 6.45) is 22.0. The Morgan fingerprint density at radius 2 is 1.26 bits per heavy atom. The van der Waals surface area contributed by atoms with Gasteiger partial charge in [-0.3, -0.25) is 0 Å². The van der Waals surface area contributed by atoms with Crippen LogP contribution in [0.3, 0.4) is 0 Å². The minimum absolute atomic E-state index is 0.0407. The second-order valence-electron chi connectivity index (χ2n) is 9.33. The Morgan fingerprint density at radius 1 is 0.815 bits per heavy atom. The van der Waals surface area contributed by atoms with Crippen molar-refractivity contribution in [1.29, 1.82) is 0 Å². The monoisotopic (exact) mass is 370 g/mol. The zero-order valence-corrected chi connectivity index (χ0v) is 17.6. The van der Waals surface area contributed by atoms with E-state index in [2.05, 4.69) is 39.8 Å². The SMILES string of the molecule is CCC1C=CC=CC1(O)C1(C2(O)C=CC=CC2CC)CCC(C(C)C)CC1. The van der Waals surface area contributed by atoms with Gasteiger partial charge in [0.25, 0.3) is 0 Å². The van der Waals surface area contributed by atoms with Crippen molar-refractivity contribution in [2.45, 2.75) is 77.4 Å². The third-order valence-corrected chi connectivity index (χ3v) is 7.98. The summed E-state index contributed by atoms with van der Waals surface area (Å²) < 4.78 is 0. The summed E-state index contributed by atoms with van der Waals surface area (Å²) in [6, 6.07) is 0. The fourth-order valence-electron chi connectivity index (χ4n) is 6.19. The lowest BCUT2D eigenvalue weighted by Gasteiger charge is -2.61. The van der Waals surface area contributed by atoms with Crippen LogP contribution in [-0.4, -0.2) is 21.4 Å². The highest BCUT2D eigenvalue weighted by molar-refractivity contribution is 5.35. The van der Waals surface area contributed by atoms with Gasteiger partial charge in [-0.2, -0.15) is 0 Å². The van der Waals surface area contributed by atoms with Crippen molar-refractivity contribution in [3.05, 3.63) is 48.6 Å². The molecule has 3 rings (SSSR count). The number of hydrogen-bond donors (Lipinski definition) is 2. The van der Waals surface area contributed by atoms with E-state index >= 15 is 0 Å². The van der Waals surface area contributed by atoms with Crippen molar-refractivity contribution in [1.82, 2.24) is 0 Å². The van der Waals surface area contributed by atoms with Gasteiger partial charge < -0.3 is 10.2 Å². The molecule has 4 atom stereocenters. The highest BCUT2D eigenvalue weighted by Gasteiger charge is 2.64. The first-order valence-electron chi connectivity index (χ1n) is 11.0. The average Bonchev–Trinajstić information content (AvgIpc) is 2.68. The van der Waals surface area contributed by atoms with Crippen LogP contribution in [0.5, 0.6) is 0 Å². The van der Waals surface area contributed by atoms with Gasteiger partial charge in [0.15, 0.2) is 0 Å². The van der Waals surface area contributed by atoms with E-state index in [1.807, 2.05) is 36.5 Å². The Morgan fingerprint density at radius 3 is 1.63 bits per heavy atom. The second-order valence-corrected chi connectivity index (χ2v) is 9.33. The van der Waals surface area contributed by atoms with E-state index in [1.54, 1.807) is 0 Å². The Balaban J connectivity index is 2.11. The molecule has 0 aliphatic heterocycles. The van der Waals surface area contributed by atoms with Gasteiger partial charge in [-0.25, -0.2) is 0 Å². The molecule has 0 saturated heterocycles. The zero-order valence-electron chi connectivity index (χ0n) is 17.6. The summed E-state index contributed by atoms with van der Waals surface area (Å²) in [5, 5.41) is 24.4. The molecule has 150 valence electrons. The smallest absolute Gasteiger partial charge is 0.0979 e. The molecule has 0 aromatic rings. The van der Waals surface area contributed by atoms with E-state index in [9.17, 15) is 10.2 Å². The predicted octanol–water partition coefficient (Wildman–Crippen LogP) is 5.59. The highest BCUT2D eigenvalue weighted by Crippen LogP contribution is 2.61. The molecule has 1 fully saturated rings. The van der Waals surface area contributed by atoms with E-state index in [0.29, 0.717) is 11.8 Å². The molecule has 0 aromatic heterocycles. The summed E-state index contributed by atoms with van der Waals surface area (Å²) in [7, 11) is 0. The van der Waals surface area contributed by atoms with Gasteiger partial charge in [-0.1, -0.05) is 76.3 Å². The Bertz CT molecular complexity index is 589. The van der Waals surface area contributed by atoms with Gasteiger partial charge >= 0.3 is 0 Å². The van der Waals surface area contributed by atoms with Gasteiger partial charge in [-0.15, -0.1) is 0 Å². The lowest BCUT2D eigenvalue weighted by Crippen LogP contribution is -2.67. The standard InChI is InChI=1S/C25H38O2/c1-5-21-11-7-9-15-24(21,26)23(17-13-20(14-18-23)19(3)4)25(27)16-10-8-12-22(25)6-2/h7-12,15-16,19-22,26-27H,5-6,13-14,17-18H2,1-4H3. The van der Waals surface area contributed by atoms with Gasteiger partial charge in [0, 0.05) is 17.3 Å². The lowest BCUT2D eigenvalue weighted by molar-refractivity contribution is -0.207. The van der Waals surface area contributed by atoms with Crippen LogP contribution in [0.2, 0.25) is 0 Å². The highest BCUT2D eigenvalue weighted by atomic mass is 16.3. The molecular formula is C25H38O2. The largest absolute Gasteiger partial charge is 0.384 e. The van der Waals surface area contributed by atoms with Crippen LogP contribution in [0.4, 0.5) is 0 Å². The van der Waals surface area contributed by atoms with Gasteiger partial charge in [0.05, 0.1) is 11.2 Å². The average molecular weight is 371 g/mol. The number of aliphatic hydroxyl groups is 2. The molecule has 2 nitrogen and oxygen atoms in total. The van der Waals surface area contributed by atoms with Crippen LogP contribution >= 0.6 is 0 Å². The third kappa shape index (κ3) is 3.09. The first-order chi connectivity index (χ1) is 12.8. The first kappa shape index (κ1) is 20.6. The van der Waals surface area contributed by atoms with Crippen LogP contribution in [0.25, 0.3) is 0 Å². The summed E-state index contributed by atoms with van der Waals surface area (Å²) in [5.74, 6) is 1.41. The summed E-state index contributed by atoms with van der Waals surface area (Å²) in [5.41, 5.74) is -2.60. The molecule has 3 aliphatic rings. The Labute approximate surface area is 165 Å². The molecule has 2 heteroatoms. The summed E-state index contributed by atoms with van der Waals surface area (Å²) in [6.45, 7) is 8.89. The maximum atomic E-state index is 12.2. The third-order valence-electron chi connectivity index (χ3n) is 7.98. The lowest BCUT2D eigenvalue weighted by atomic mass is 9.46. The number of rotatable bonds is 5. The van der Waals surface area contributed by atoms with Gasteiger partial charge in [-0.05, 0) is 50.4 Å². The van der Waals surface area contributed by atoms with Crippen LogP contribution < -0.4 is 0 Å². The van der Waals surface area contributed by atoms with E-state index in [0.717, 1.165) is 38.5 Å². The van der Waals surface area contributed by atoms with E-state index < -0.39 is 16.6 Å². The van der Waals surface area contributed by atoms with E-state index in [-0.39, 0.29) is 11.8 Å². The first-order valence-corrected chi connectivity index (χ1v) is 11.0. The molecule has 4 unspecified atom stereocenters. The van der Waals surface area contributed by atoms with Crippen molar-refractivity contribution < 1.29 is 10.2 Å². The molecule has 2 N–H and O–H groups in total. The van der Waals surface area contributed by atoms with E-state index in [1.165, 1.54) is 0 Å². The molecular weight excluding hydrogens is 332 g/mol. The molecule has 0 radical (unpaired) electrons. The molecule has 0 heterocycles. The zero-order chi connectivity index (χ0) is 19.7. The molecule has 3 aliphatic carbocycles. The van der Waals surface area contributed by atoms with Crippen molar-refractivity contribution in [3.8, 4) is 0 Å². The van der Waals surface area contributed by atoms with Crippen molar-refractivity contribution >= 4 is 0 Å². The number of allylic oxidation sites excluding steroid dienone is 4. The van der Waals surface area contributed by atoms with Crippen molar-refractivity contribution in [2.24, 2.45) is 29.1 Å². The normalized spacial score (nSPS) is 44.2. The minimum atomic E-state index is -1.02. The van der Waals surface area contributed by atoms with Crippen LogP contribution in [0.15, 0.2) is 48.6 Å². The maximum Gasteiger partial charge on any atom is 0.0979 e. The molecule has 1 saturated carbocycles. The van der Waals surface area contributed by atoms with Crippen molar-refractivity contribution in [3.63, 3.8) is 0 Å². The van der Waals surface area contributed by atoms with Crippen LogP contribution in [0, 0.1) is 29.1 Å². The summed E-state index contributed by atoms with van der Waals surface area (Å²) >= 11 is 0. The fraction of sp³-hybridized carbons (Fsp3) is 0.680. The van der Waals surface area contributed by atoms with Crippen LogP contribution in [0.1, 0.15) is 66.2 Å². The molecule has 27 heavy (non-hydrogen) atoms. The van der Waals surface area contributed by atoms with Crippen molar-refractivity contribution in [2.75, 3.05) is 0 Å². The summed E-state index contributed by atoms with van der Waals surface area (Å²) in [4.78, 5) is 0. The van der Waals surface area contributed by atoms with E-state index in [4.69, 9.17) is 0 Å². The molecule has 0 bridgehead atoms. The second kappa shape index (κ2) is 7.72. The number of hydrogen-bond acceptors (Lipinski definition) is 2. The maximum absolute atomic E-state index is 12.2. The van der Waals surface area contributed by atoms with Gasteiger partial charge in [0.1, 0.15) is 0 Å². The Kier molecular flexibility index (Phi) is 5.89. The quantitative estimate of drug-likeness (QED) is 0.662. The Hall–Kier alpha value is -1.12.